The van der Waals surface area contributed by atoms with Crippen LogP contribution < -0.4 is 5.32 Å². The van der Waals surface area contributed by atoms with Gasteiger partial charge in [0.05, 0.1) is 12.7 Å². The minimum absolute atomic E-state index is 0. The van der Waals surface area contributed by atoms with E-state index in [-0.39, 0.29) is 36.4 Å². The maximum atomic E-state index is 11.6. The number of imidazole rings is 1. The number of guanidine groups is 1. The molecule has 0 saturated carbocycles. The van der Waals surface area contributed by atoms with Crippen LogP contribution in [0.3, 0.4) is 0 Å². The maximum absolute atomic E-state index is 11.6. The summed E-state index contributed by atoms with van der Waals surface area (Å²) in [5, 5.41) is 3.74. The zero-order valence-electron chi connectivity index (χ0n) is 13.6. The van der Waals surface area contributed by atoms with Gasteiger partial charge in [-0.15, -0.1) is 24.0 Å². The van der Waals surface area contributed by atoms with Crippen molar-refractivity contribution in [2.45, 2.75) is 13.5 Å². The van der Waals surface area contributed by atoms with Crippen LogP contribution in [0, 0.1) is 0 Å². The molecule has 0 aliphatic rings. The lowest BCUT2D eigenvalue weighted by Crippen LogP contribution is -2.40. The van der Waals surface area contributed by atoms with Crippen LogP contribution in [0.5, 0.6) is 0 Å². The molecule has 0 bridgehead atoms. The Morgan fingerprint density at radius 2 is 2.09 bits per heavy atom. The molecule has 0 atom stereocenters. The number of nitrogens with zero attached hydrogens (tertiary/aromatic N) is 5. The molecular weight excluding hydrogens is 419 g/mol. The van der Waals surface area contributed by atoms with Gasteiger partial charge >= 0.3 is 0 Å². The third-order valence-corrected chi connectivity index (χ3v) is 3.32. The Morgan fingerprint density at radius 1 is 1.45 bits per heavy atom. The average molecular weight is 443 g/mol. The normalized spacial score (nSPS) is 10.9. The van der Waals surface area contributed by atoms with Gasteiger partial charge in [-0.2, -0.15) is 0 Å². The van der Waals surface area contributed by atoms with Crippen molar-refractivity contribution in [1.29, 1.82) is 0 Å². The zero-order valence-corrected chi connectivity index (χ0v) is 16.7. The van der Waals surface area contributed by atoms with E-state index in [1.807, 2.05) is 30.5 Å². The fourth-order valence-corrected chi connectivity index (χ4v) is 1.76. The predicted octanol–water partition coefficient (Wildman–Crippen LogP) is 1.18. The number of nitrogens with one attached hydrogen (secondary N) is 1. The summed E-state index contributed by atoms with van der Waals surface area (Å²) in [5.74, 6) is 1.44. The first-order chi connectivity index (χ1) is 9.86. The molecule has 0 fully saturated rings. The van der Waals surface area contributed by atoms with Gasteiger partial charge < -0.3 is 19.7 Å². The minimum atomic E-state index is -0.0427. The largest absolute Gasteiger partial charge is 0.357 e. The molecule has 1 heterocycles. The first-order valence-corrected chi connectivity index (χ1v) is 7.10. The highest BCUT2D eigenvalue weighted by Gasteiger charge is 2.12. The second kappa shape index (κ2) is 9.88. The van der Waals surface area contributed by atoms with E-state index in [4.69, 9.17) is 11.6 Å². The van der Waals surface area contributed by atoms with E-state index in [9.17, 15) is 4.79 Å². The van der Waals surface area contributed by atoms with E-state index >= 15 is 0 Å². The van der Waals surface area contributed by atoms with Crippen molar-refractivity contribution < 1.29 is 4.79 Å². The van der Waals surface area contributed by atoms with E-state index in [2.05, 4.69) is 15.3 Å². The van der Waals surface area contributed by atoms with Crippen molar-refractivity contribution in [1.82, 2.24) is 24.7 Å². The Labute approximate surface area is 153 Å². The Bertz CT molecular complexity index is 517. The van der Waals surface area contributed by atoms with E-state index in [0.29, 0.717) is 17.7 Å². The van der Waals surface area contributed by atoms with Gasteiger partial charge in [0.1, 0.15) is 17.5 Å². The SMILES string of the molecule is CCNC(=NCC(=O)N(C)C)N(C)Cc1ncc(Cl)n1C.I. The summed E-state index contributed by atoms with van der Waals surface area (Å²) < 4.78 is 1.81. The van der Waals surface area contributed by atoms with Crippen molar-refractivity contribution >= 4 is 47.4 Å². The molecule has 0 unspecified atom stereocenters. The zero-order chi connectivity index (χ0) is 16.0. The van der Waals surface area contributed by atoms with Gasteiger partial charge in [-0.05, 0) is 6.92 Å². The van der Waals surface area contributed by atoms with E-state index in [1.165, 1.54) is 4.90 Å². The predicted molar refractivity (Wildman–Crippen MR) is 99.8 cm³/mol. The quantitative estimate of drug-likeness (QED) is 0.422. The molecule has 22 heavy (non-hydrogen) atoms. The number of halogens is 2. The molecule has 1 rings (SSSR count). The number of aromatic nitrogens is 2. The second-order valence-electron chi connectivity index (χ2n) is 4.87. The fraction of sp³-hybridized carbons (Fsp3) is 0.615. The molecular formula is C13H24ClIN6O. The average Bonchev–Trinajstić information content (AvgIpc) is 2.74. The minimum Gasteiger partial charge on any atom is -0.357 e. The van der Waals surface area contributed by atoms with Crippen LogP contribution in [0.25, 0.3) is 0 Å². The molecule has 0 saturated heterocycles. The number of likely N-dealkylation sites (N-methyl/N-ethyl adjacent to an activating group) is 1. The Hall–Kier alpha value is -1.03. The van der Waals surface area contributed by atoms with Gasteiger partial charge in [-0.1, -0.05) is 11.6 Å². The standard InChI is InChI=1S/C13H23ClN6O.HI/c1-6-15-13(17-8-12(21)18(2)3)19(4)9-11-16-7-10(14)20(11)5;/h7H,6,8-9H2,1-5H3,(H,15,17);1H. The highest BCUT2D eigenvalue weighted by molar-refractivity contribution is 14.0. The maximum Gasteiger partial charge on any atom is 0.243 e. The molecule has 126 valence electrons. The summed E-state index contributed by atoms with van der Waals surface area (Å²) in [5.41, 5.74) is 0. The Morgan fingerprint density at radius 3 is 2.55 bits per heavy atom. The number of carbonyl (C=O) groups is 1. The van der Waals surface area contributed by atoms with Crippen molar-refractivity contribution in [2.24, 2.45) is 12.0 Å². The highest BCUT2D eigenvalue weighted by Crippen LogP contribution is 2.10. The number of hydrogen-bond donors (Lipinski definition) is 1. The van der Waals surface area contributed by atoms with E-state index in [0.717, 1.165) is 12.4 Å². The number of amides is 1. The van der Waals surface area contributed by atoms with Crippen LogP contribution in [-0.2, 0) is 18.4 Å². The number of rotatable bonds is 5. The third-order valence-electron chi connectivity index (χ3n) is 2.97. The third kappa shape index (κ3) is 5.99. The smallest absolute Gasteiger partial charge is 0.243 e. The van der Waals surface area contributed by atoms with Gasteiger partial charge in [-0.3, -0.25) is 4.79 Å². The second-order valence-corrected chi connectivity index (χ2v) is 5.26. The van der Waals surface area contributed by atoms with Gasteiger partial charge in [-0.25, -0.2) is 9.98 Å². The van der Waals surface area contributed by atoms with Crippen molar-refractivity contribution in [3.05, 3.63) is 17.2 Å². The van der Waals surface area contributed by atoms with Gasteiger partial charge in [0.2, 0.25) is 5.91 Å². The molecule has 1 aromatic heterocycles. The molecule has 0 aromatic carbocycles. The van der Waals surface area contributed by atoms with Crippen molar-refractivity contribution in [2.75, 3.05) is 34.2 Å². The fourth-order valence-electron chi connectivity index (χ4n) is 1.61. The molecule has 7 nitrogen and oxygen atoms in total. The molecule has 1 aromatic rings. The lowest BCUT2D eigenvalue weighted by molar-refractivity contribution is -0.127. The van der Waals surface area contributed by atoms with E-state index < -0.39 is 0 Å². The first-order valence-electron chi connectivity index (χ1n) is 6.72. The topological polar surface area (TPSA) is 65.8 Å². The van der Waals surface area contributed by atoms with Gasteiger partial charge in [0.25, 0.3) is 0 Å². The number of hydrogen-bond acceptors (Lipinski definition) is 3. The molecule has 0 aliphatic heterocycles. The van der Waals surface area contributed by atoms with Crippen LogP contribution in [0.2, 0.25) is 5.15 Å². The van der Waals surface area contributed by atoms with E-state index in [1.54, 1.807) is 20.3 Å². The van der Waals surface area contributed by atoms with Crippen molar-refractivity contribution in [3.8, 4) is 0 Å². The summed E-state index contributed by atoms with van der Waals surface area (Å²) in [4.78, 5) is 23.6. The molecule has 1 N–H and O–H groups in total. The molecule has 0 radical (unpaired) electrons. The first kappa shape index (κ1) is 21.0. The highest BCUT2D eigenvalue weighted by atomic mass is 127. The molecule has 0 aliphatic carbocycles. The number of aliphatic imine (C=N–C) groups is 1. The Balaban J connectivity index is 0.00000441. The molecule has 0 spiro atoms. The summed E-state index contributed by atoms with van der Waals surface area (Å²) >= 11 is 5.98. The van der Waals surface area contributed by atoms with Crippen LogP contribution >= 0.6 is 35.6 Å². The van der Waals surface area contributed by atoms with Gasteiger partial charge in [0.15, 0.2) is 5.96 Å². The summed E-state index contributed by atoms with van der Waals surface area (Å²) in [6.07, 6.45) is 1.62. The van der Waals surface area contributed by atoms with Crippen molar-refractivity contribution in [3.63, 3.8) is 0 Å². The monoisotopic (exact) mass is 442 g/mol. The van der Waals surface area contributed by atoms with Crippen LogP contribution in [-0.4, -0.2) is 65.5 Å². The summed E-state index contributed by atoms with van der Waals surface area (Å²) in [7, 11) is 7.18. The number of carbonyl (C=O) groups excluding carboxylic acids is 1. The summed E-state index contributed by atoms with van der Waals surface area (Å²) in [6, 6.07) is 0. The van der Waals surface area contributed by atoms with Crippen LogP contribution in [0.1, 0.15) is 12.7 Å². The summed E-state index contributed by atoms with van der Waals surface area (Å²) in [6.45, 7) is 3.36. The Kier molecular flexibility index (Phi) is 9.42. The van der Waals surface area contributed by atoms with Crippen LogP contribution in [0.4, 0.5) is 0 Å². The lowest BCUT2D eigenvalue weighted by Gasteiger charge is -2.22. The molecule has 9 heteroatoms. The van der Waals surface area contributed by atoms with Gasteiger partial charge in [0, 0.05) is 34.7 Å². The lowest BCUT2D eigenvalue weighted by atomic mass is 10.5. The van der Waals surface area contributed by atoms with Crippen LogP contribution in [0.15, 0.2) is 11.2 Å². The molecule has 1 amide bonds.